The summed E-state index contributed by atoms with van der Waals surface area (Å²) in [6, 6.07) is 13.1. The maximum absolute atomic E-state index is 13.1. The van der Waals surface area contributed by atoms with Gasteiger partial charge in [0, 0.05) is 17.7 Å². The lowest BCUT2D eigenvalue weighted by atomic mass is 9.73. The molecule has 0 fully saturated rings. The maximum atomic E-state index is 13.1. The molecule has 1 aliphatic heterocycles. The lowest BCUT2D eigenvalue weighted by Crippen LogP contribution is -2.31. The van der Waals surface area contributed by atoms with Crippen LogP contribution in [0.1, 0.15) is 43.9 Å². The number of aryl methyl sites for hydroxylation is 1. The number of fused-ring (bicyclic) bond motifs is 1. The molecule has 2 aliphatic rings. The number of ketones is 1. The molecule has 3 N–H and O–H groups in total. The SMILES string of the molecule is Cc1ccc2c(c1)N[C@@H](c1cccc(O)c1)C1=C(CC(C)(C)CC1=O)N2. The predicted octanol–water partition coefficient (Wildman–Crippen LogP) is 4.92. The van der Waals surface area contributed by atoms with Gasteiger partial charge in [-0.3, -0.25) is 4.79 Å². The molecule has 0 unspecified atom stereocenters. The average Bonchev–Trinajstić information content (AvgIpc) is 2.70. The number of allylic oxidation sites excluding steroid dienone is 1. The first-order valence-corrected chi connectivity index (χ1v) is 9.02. The lowest BCUT2D eigenvalue weighted by molar-refractivity contribution is -0.118. The molecule has 134 valence electrons. The zero-order chi connectivity index (χ0) is 18.5. The van der Waals surface area contributed by atoms with Crippen molar-refractivity contribution in [3.63, 3.8) is 0 Å². The Morgan fingerprint density at radius 3 is 2.65 bits per heavy atom. The van der Waals surface area contributed by atoms with Gasteiger partial charge >= 0.3 is 0 Å². The number of nitrogens with one attached hydrogen (secondary N) is 2. The molecule has 0 amide bonds. The molecule has 26 heavy (non-hydrogen) atoms. The Morgan fingerprint density at radius 2 is 1.88 bits per heavy atom. The Labute approximate surface area is 153 Å². The van der Waals surface area contributed by atoms with Gasteiger partial charge in [-0.15, -0.1) is 0 Å². The van der Waals surface area contributed by atoms with Gasteiger partial charge < -0.3 is 15.7 Å². The first-order valence-electron chi connectivity index (χ1n) is 9.02. The summed E-state index contributed by atoms with van der Waals surface area (Å²) in [5.74, 6) is 0.367. The maximum Gasteiger partial charge on any atom is 0.163 e. The number of carbonyl (C=O) groups is 1. The number of rotatable bonds is 1. The highest BCUT2D eigenvalue weighted by Crippen LogP contribution is 2.45. The highest BCUT2D eigenvalue weighted by atomic mass is 16.3. The summed E-state index contributed by atoms with van der Waals surface area (Å²) in [7, 11) is 0. The van der Waals surface area contributed by atoms with Gasteiger partial charge in [0.05, 0.1) is 17.4 Å². The molecule has 0 saturated carbocycles. The van der Waals surface area contributed by atoms with Crippen LogP contribution in [0.3, 0.4) is 0 Å². The second-order valence-corrected chi connectivity index (χ2v) is 8.18. The van der Waals surface area contributed by atoms with E-state index in [1.165, 1.54) is 0 Å². The molecule has 1 heterocycles. The normalized spacial score (nSPS) is 21.2. The Balaban J connectivity index is 1.90. The lowest BCUT2D eigenvalue weighted by Gasteiger charge is -2.34. The second-order valence-electron chi connectivity index (χ2n) is 8.18. The van der Waals surface area contributed by atoms with Gasteiger partial charge in [0.25, 0.3) is 0 Å². The zero-order valence-electron chi connectivity index (χ0n) is 15.4. The zero-order valence-corrected chi connectivity index (χ0v) is 15.4. The molecule has 0 aromatic heterocycles. The third kappa shape index (κ3) is 2.96. The van der Waals surface area contributed by atoms with Gasteiger partial charge in [0.1, 0.15) is 5.75 Å². The average molecular weight is 348 g/mol. The van der Waals surface area contributed by atoms with E-state index in [0.717, 1.165) is 40.2 Å². The fourth-order valence-electron chi connectivity index (χ4n) is 4.01. The number of Topliss-reactive ketones (excluding diaryl/α,β-unsaturated/α-hetero) is 1. The number of hydrogen-bond acceptors (Lipinski definition) is 4. The van der Waals surface area contributed by atoms with Crippen LogP contribution >= 0.6 is 0 Å². The largest absolute Gasteiger partial charge is 0.508 e. The van der Waals surface area contributed by atoms with E-state index >= 15 is 0 Å². The molecular formula is C22H24N2O2. The van der Waals surface area contributed by atoms with Crippen molar-refractivity contribution >= 4 is 17.2 Å². The Morgan fingerprint density at radius 1 is 1.08 bits per heavy atom. The van der Waals surface area contributed by atoms with Crippen molar-refractivity contribution in [3.8, 4) is 5.75 Å². The quantitative estimate of drug-likeness (QED) is 0.684. The fraction of sp³-hybridized carbons (Fsp3) is 0.318. The van der Waals surface area contributed by atoms with Crippen LogP contribution in [0.4, 0.5) is 11.4 Å². The van der Waals surface area contributed by atoms with Crippen molar-refractivity contribution in [3.05, 3.63) is 64.9 Å². The molecule has 2 aromatic rings. The first kappa shape index (κ1) is 16.7. The summed E-state index contributed by atoms with van der Waals surface area (Å²) < 4.78 is 0. The summed E-state index contributed by atoms with van der Waals surface area (Å²) in [5.41, 5.74) is 5.69. The van der Waals surface area contributed by atoms with Gasteiger partial charge in [-0.25, -0.2) is 0 Å². The molecule has 4 rings (SSSR count). The van der Waals surface area contributed by atoms with E-state index in [9.17, 15) is 9.90 Å². The van der Waals surface area contributed by atoms with Gasteiger partial charge in [0.2, 0.25) is 0 Å². The topological polar surface area (TPSA) is 61.4 Å². The van der Waals surface area contributed by atoms with Crippen LogP contribution in [0.25, 0.3) is 0 Å². The van der Waals surface area contributed by atoms with Crippen LogP contribution in [0.5, 0.6) is 5.75 Å². The van der Waals surface area contributed by atoms with Gasteiger partial charge in [-0.1, -0.05) is 32.0 Å². The van der Waals surface area contributed by atoms with Crippen molar-refractivity contribution in [1.82, 2.24) is 0 Å². The van der Waals surface area contributed by atoms with Gasteiger partial charge in [0.15, 0.2) is 5.78 Å². The number of phenols is 1. The Kier molecular flexibility index (Phi) is 3.79. The molecular weight excluding hydrogens is 324 g/mol. The summed E-state index contributed by atoms with van der Waals surface area (Å²) in [5, 5.41) is 17.0. The third-order valence-corrected chi connectivity index (χ3v) is 5.17. The minimum absolute atomic E-state index is 0.0680. The van der Waals surface area contributed by atoms with E-state index in [4.69, 9.17) is 0 Å². The van der Waals surface area contributed by atoms with E-state index in [2.05, 4.69) is 49.6 Å². The number of benzene rings is 2. The standard InChI is InChI=1S/C22H24N2O2/c1-13-7-8-16-17(9-13)24-21(14-5-4-6-15(25)10-14)20-18(23-16)11-22(2,3)12-19(20)26/h4-10,21,23-25H,11-12H2,1-3H3/t21-/m0/s1. The number of hydrogen-bond donors (Lipinski definition) is 3. The van der Waals surface area contributed by atoms with E-state index < -0.39 is 0 Å². The number of anilines is 2. The fourth-order valence-corrected chi connectivity index (χ4v) is 4.01. The van der Waals surface area contributed by atoms with Crippen LogP contribution in [0, 0.1) is 12.3 Å². The Hall–Kier alpha value is -2.75. The number of phenolic OH excluding ortho intramolecular Hbond substituents is 1. The Bertz CT molecular complexity index is 927. The molecule has 0 radical (unpaired) electrons. The number of aromatic hydroxyl groups is 1. The monoisotopic (exact) mass is 348 g/mol. The molecule has 4 heteroatoms. The minimum atomic E-state index is -0.281. The summed E-state index contributed by atoms with van der Waals surface area (Å²) in [4.78, 5) is 13.1. The minimum Gasteiger partial charge on any atom is -0.508 e. The van der Waals surface area contributed by atoms with Crippen LogP contribution in [-0.4, -0.2) is 10.9 Å². The highest BCUT2D eigenvalue weighted by molar-refractivity contribution is 6.01. The van der Waals surface area contributed by atoms with Crippen molar-refractivity contribution < 1.29 is 9.90 Å². The summed E-state index contributed by atoms with van der Waals surface area (Å²) >= 11 is 0. The second kappa shape index (κ2) is 5.90. The molecule has 0 spiro atoms. The van der Waals surface area contributed by atoms with E-state index in [0.29, 0.717) is 6.42 Å². The van der Waals surface area contributed by atoms with Crippen molar-refractivity contribution in [2.45, 2.75) is 39.7 Å². The van der Waals surface area contributed by atoms with Gasteiger partial charge in [-0.05, 0) is 54.2 Å². The molecule has 0 saturated heterocycles. The first-order chi connectivity index (χ1) is 12.3. The van der Waals surface area contributed by atoms with Gasteiger partial charge in [-0.2, -0.15) is 0 Å². The van der Waals surface area contributed by atoms with Crippen molar-refractivity contribution in [2.75, 3.05) is 10.6 Å². The van der Waals surface area contributed by atoms with Crippen LogP contribution in [-0.2, 0) is 4.79 Å². The summed E-state index contributed by atoms with van der Waals surface area (Å²) in [6.45, 7) is 6.32. The highest BCUT2D eigenvalue weighted by Gasteiger charge is 2.38. The third-order valence-electron chi connectivity index (χ3n) is 5.17. The molecule has 0 bridgehead atoms. The summed E-state index contributed by atoms with van der Waals surface area (Å²) in [6.07, 6.45) is 1.35. The van der Waals surface area contributed by atoms with Crippen LogP contribution < -0.4 is 10.6 Å². The molecule has 1 atom stereocenters. The van der Waals surface area contributed by atoms with Crippen LogP contribution in [0.2, 0.25) is 0 Å². The smallest absolute Gasteiger partial charge is 0.163 e. The molecule has 1 aliphatic carbocycles. The van der Waals surface area contributed by atoms with E-state index in [1.54, 1.807) is 12.1 Å². The predicted molar refractivity (Wildman–Crippen MR) is 104 cm³/mol. The number of carbonyl (C=O) groups excluding carboxylic acids is 1. The molecule has 2 aromatic carbocycles. The van der Waals surface area contributed by atoms with E-state index in [-0.39, 0.29) is 23.0 Å². The van der Waals surface area contributed by atoms with Crippen LogP contribution in [0.15, 0.2) is 53.7 Å². The van der Waals surface area contributed by atoms with Crippen molar-refractivity contribution in [1.29, 1.82) is 0 Å². The van der Waals surface area contributed by atoms with Crippen molar-refractivity contribution in [2.24, 2.45) is 5.41 Å². The van der Waals surface area contributed by atoms with E-state index in [1.807, 2.05) is 12.1 Å². The molecule has 4 nitrogen and oxygen atoms in total.